The Labute approximate surface area is 108 Å². The Morgan fingerprint density at radius 2 is 2.12 bits per heavy atom. The van der Waals surface area contributed by atoms with Crippen LogP contribution in [0.15, 0.2) is 33.9 Å². The number of nitrogens with one attached hydrogen (secondary N) is 1. The predicted octanol–water partition coefficient (Wildman–Crippen LogP) is 1.56. The third kappa shape index (κ3) is 4.07. The number of amidine groups is 1. The number of benzene rings is 1. The van der Waals surface area contributed by atoms with Crippen LogP contribution >= 0.6 is 15.9 Å². The first kappa shape index (κ1) is 13.5. The van der Waals surface area contributed by atoms with Crippen molar-refractivity contribution in [2.75, 3.05) is 6.54 Å². The van der Waals surface area contributed by atoms with E-state index in [1.807, 2.05) is 0 Å². The molecule has 4 N–H and O–H groups in total. The number of hydrogen-bond acceptors (Lipinski definition) is 3. The topological polar surface area (TPSA) is 87.7 Å². The number of halogens is 1. The van der Waals surface area contributed by atoms with Crippen LogP contribution in [0.5, 0.6) is 0 Å². The van der Waals surface area contributed by atoms with Gasteiger partial charge in [0.25, 0.3) is 5.91 Å². The summed E-state index contributed by atoms with van der Waals surface area (Å²) in [4.78, 5) is 11.7. The highest BCUT2D eigenvalue weighted by Crippen LogP contribution is 2.10. The molecule has 1 rings (SSSR count). The summed E-state index contributed by atoms with van der Waals surface area (Å²) in [5, 5.41) is 14.1. The molecular weight excluding hydrogens is 286 g/mol. The van der Waals surface area contributed by atoms with Gasteiger partial charge in [-0.1, -0.05) is 28.0 Å². The van der Waals surface area contributed by atoms with Gasteiger partial charge in [-0.05, 0) is 24.3 Å². The van der Waals surface area contributed by atoms with Crippen LogP contribution in [0.25, 0.3) is 0 Å². The monoisotopic (exact) mass is 299 g/mol. The zero-order valence-electron chi connectivity index (χ0n) is 9.35. The van der Waals surface area contributed by atoms with Gasteiger partial charge < -0.3 is 16.3 Å². The van der Waals surface area contributed by atoms with E-state index in [0.29, 0.717) is 12.1 Å². The van der Waals surface area contributed by atoms with Crippen LogP contribution in [0, 0.1) is 5.92 Å². The number of carbonyl (C=O) groups is 1. The quantitative estimate of drug-likeness (QED) is 0.341. The van der Waals surface area contributed by atoms with Gasteiger partial charge in [-0.2, -0.15) is 0 Å². The van der Waals surface area contributed by atoms with E-state index in [-0.39, 0.29) is 17.7 Å². The van der Waals surface area contributed by atoms with Crippen LogP contribution in [0.1, 0.15) is 17.3 Å². The Kier molecular flexibility index (Phi) is 4.96. The number of hydrogen-bond donors (Lipinski definition) is 3. The molecule has 0 bridgehead atoms. The van der Waals surface area contributed by atoms with E-state index in [1.165, 1.54) is 0 Å². The number of carbonyl (C=O) groups excluding carboxylic acids is 1. The van der Waals surface area contributed by atoms with Gasteiger partial charge in [-0.15, -0.1) is 0 Å². The molecule has 17 heavy (non-hydrogen) atoms. The number of amides is 1. The summed E-state index contributed by atoms with van der Waals surface area (Å²) in [6.45, 7) is 2.09. The fraction of sp³-hybridized carbons (Fsp3) is 0.273. The molecule has 1 unspecified atom stereocenters. The van der Waals surface area contributed by atoms with E-state index >= 15 is 0 Å². The summed E-state index contributed by atoms with van der Waals surface area (Å²) >= 11 is 3.29. The van der Waals surface area contributed by atoms with Gasteiger partial charge in [0.05, 0.1) is 0 Å². The molecule has 0 fully saturated rings. The first-order valence-corrected chi connectivity index (χ1v) is 5.85. The van der Waals surface area contributed by atoms with Crippen molar-refractivity contribution in [3.63, 3.8) is 0 Å². The molecule has 1 amide bonds. The van der Waals surface area contributed by atoms with E-state index in [2.05, 4.69) is 26.4 Å². The van der Waals surface area contributed by atoms with Gasteiger partial charge >= 0.3 is 0 Å². The Morgan fingerprint density at radius 1 is 1.53 bits per heavy atom. The average molecular weight is 300 g/mol. The maximum absolute atomic E-state index is 11.7. The fourth-order valence-electron chi connectivity index (χ4n) is 1.15. The summed E-state index contributed by atoms with van der Waals surface area (Å²) in [6, 6.07) is 7.02. The van der Waals surface area contributed by atoms with Gasteiger partial charge in [0.1, 0.15) is 5.84 Å². The molecule has 1 atom stereocenters. The van der Waals surface area contributed by atoms with Crippen LogP contribution in [-0.4, -0.2) is 23.5 Å². The van der Waals surface area contributed by atoms with Crippen molar-refractivity contribution in [3.8, 4) is 0 Å². The standard InChI is InChI=1S/C11H14BrN3O2/c1-7(10(13)15-17)6-14-11(16)8-2-4-9(12)5-3-8/h2-5,7,17H,6H2,1H3,(H2,13,15)(H,14,16). The van der Waals surface area contributed by atoms with Crippen molar-refractivity contribution in [2.24, 2.45) is 16.8 Å². The molecule has 1 aromatic carbocycles. The van der Waals surface area contributed by atoms with E-state index in [9.17, 15) is 4.79 Å². The minimum atomic E-state index is -0.209. The Bertz CT molecular complexity index is 417. The van der Waals surface area contributed by atoms with E-state index in [4.69, 9.17) is 10.9 Å². The molecule has 0 radical (unpaired) electrons. The van der Waals surface area contributed by atoms with E-state index in [0.717, 1.165) is 4.47 Å². The molecule has 92 valence electrons. The third-order valence-corrected chi connectivity index (χ3v) is 2.82. The highest BCUT2D eigenvalue weighted by molar-refractivity contribution is 9.10. The second-order valence-electron chi connectivity index (χ2n) is 3.64. The lowest BCUT2D eigenvalue weighted by atomic mass is 10.1. The molecule has 0 saturated heterocycles. The van der Waals surface area contributed by atoms with Crippen LogP contribution in [0.3, 0.4) is 0 Å². The molecule has 1 aromatic rings. The summed E-state index contributed by atoms with van der Waals surface area (Å²) in [7, 11) is 0. The van der Waals surface area contributed by atoms with Crippen LogP contribution in [0.4, 0.5) is 0 Å². The first-order valence-electron chi connectivity index (χ1n) is 5.05. The minimum absolute atomic E-state index is 0.0982. The molecule has 0 aromatic heterocycles. The molecule has 0 aliphatic heterocycles. The highest BCUT2D eigenvalue weighted by Gasteiger charge is 2.10. The van der Waals surface area contributed by atoms with E-state index < -0.39 is 0 Å². The van der Waals surface area contributed by atoms with Gasteiger partial charge in [-0.3, -0.25) is 4.79 Å². The second-order valence-corrected chi connectivity index (χ2v) is 4.56. The summed E-state index contributed by atoms with van der Waals surface area (Å²) in [5.41, 5.74) is 5.97. The molecule has 0 heterocycles. The molecule has 0 aliphatic rings. The van der Waals surface area contributed by atoms with Gasteiger partial charge in [-0.25, -0.2) is 0 Å². The number of nitrogens with zero attached hydrogens (tertiary/aromatic N) is 1. The van der Waals surface area contributed by atoms with Crippen molar-refractivity contribution in [2.45, 2.75) is 6.92 Å². The highest BCUT2D eigenvalue weighted by atomic mass is 79.9. The van der Waals surface area contributed by atoms with Crippen molar-refractivity contribution in [1.29, 1.82) is 0 Å². The van der Waals surface area contributed by atoms with Crippen LogP contribution in [0.2, 0.25) is 0 Å². The number of nitrogens with two attached hydrogens (primary N) is 1. The molecular formula is C11H14BrN3O2. The molecule has 0 saturated carbocycles. The first-order chi connectivity index (χ1) is 8.04. The zero-order valence-corrected chi connectivity index (χ0v) is 10.9. The zero-order chi connectivity index (χ0) is 12.8. The van der Waals surface area contributed by atoms with Crippen LogP contribution in [-0.2, 0) is 0 Å². The van der Waals surface area contributed by atoms with Crippen molar-refractivity contribution >= 4 is 27.7 Å². The molecule has 6 heteroatoms. The lowest BCUT2D eigenvalue weighted by molar-refractivity contribution is 0.0951. The smallest absolute Gasteiger partial charge is 0.251 e. The largest absolute Gasteiger partial charge is 0.409 e. The maximum Gasteiger partial charge on any atom is 0.251 e. The van der Waals surface area contributed by atoms with Crippen molar-refractivity contribution in [3.05, 3.63) is 34.3 Å². The normalized spacial score (nSPS) is 13.2. The lowest BCUT2D eigenvalue weighted by Crippen LogP contribution is -2.34. The summed E-state index contributed by atoms with van der Waals surface area (Å²) in [5.74, 6) is -0.296. The summed E-state index contributed by atoms with van der Waals surface area (Å²) < 4.78 is 0.916. The Morgan fingerprint density at radius 3 is 2.65 bits per heavy atom. The third-order valence-electron chi connectivity index (χ3n) is 2.30. The molecule has 0 spiro atoms. The second kappa shape index (κ2) is 6.24. The number of oxime groups is 1. The van der Waals surface area contributed by atoms with Crippen molar-refractivity contribution in [1.82, 2.24) is 5.32 Å². The van der Waals surface area contributed by atoms with E-state index in [1.54, 1.807) is 31.2 Å². The van der Waals surface area contributed by atoms with Crippen LogP contribution < -0.4 is 11.1 Å². The average Bonchev–Trinajstić information content (AvgIpc) is 2.35. The Hall–Kier alpha value is -1.56. The molecule has 5 nitrogen and oxygen atoms in total. The maximum atomic E-state index is 11.7. The van der Waals surface area contributed by atoms with Gasteiger partial charge in [0.15, 0.2) is 0 Å². The predicted molar refractivity (Wildman–Crippen MR) is 69.0 cm³/mol. The van der Waals surface area contributed by atoms with Gasteiger partial charge in [0, 0.05) is 22.5 Å². The summed E-state index contributed by atoms with van der Waals surface area (Å²) in [6.07, 6.45) is 0. The minimum Gasteiger partial charge on any atom is -0.409 e. The Balaban J connectivity index is 2.53. The SMILES string of the molecule is CC(CNC(=O)c1ccc(Br)cc1)/C(N)=N/O. The van der Waals surface area contributed by atoms with Crippen molar-refractivity contribution < 1.29 is 10.0 Å². The lowest BCUT2D eigenvalue weighted by Gasteiger charge is -2.10. The van der Waals surface area contributed by atoms with Gasteiger partial charge in [0.2, 0.25) is 0 Å². The molecule has 0 aliphatic carbocycles. The number of rotatable bonds is 4. The fourth-order valence-corrected chi connectivity index (χ4v) is 1.42.